The highest BCUT2D eigenvalue weighted by molar-refractivity contribution is 5.99. The number of aryl methyl sites for hydroxylation is 1. The van der Waals surface area contributed by atoms with Crippen molar-refractivity contribution in [2.24, 2.45) is 0 Å². The molecule has 0 aliphatic heterocycles. The summed E-state index contributed by atoms with van der Waals surface area (Å²) in [6, 6.07) is 4.04. The van der Waals surface area contributed by atoms with E-state index in [0.717, 1.165) is 36.7 Å². The van der Waals surface area contributed by atoms with Crippen molar-refractivity contribution in [1.29, 1.82) is 0 Å². The first-order valence-electron chi connectivity index (χ1n) is 7.17. The number of anilines is 2. The highest BCUT2D eigenvalue weighted by atomic mass is 19.1. The lowest BCUT2D eigenvalue weighted by atomic mass is 10.3. The Kier molecular flexibility index (Phi) is 3.79. The van der Waals surface area contributed by atoms with Gasteiger partial charge in [-0.15, -0.1) is 0 Å². The third-order valence-electron chi connectivity index (χ3n) is 3.52. The Balaban J connectivity index is 1.70. The third kappa shape index (κ3) is 3.08. The van der Waals surface area contributed by atoms with Gasteiger partial charge in [-0.25, -0.2) is 13.6 Å². The molecule has 0 atom stereocenters. The number of rotatable bonds is 4. The van der Waals surface area contributed by atoms with E-state index in [9.17, 15) is 13.6 Å². The number of amides is 2. The molecule has 1 aromatic carbocycles. The smallest absolute Gasteiger partial charge is 0.305 e. The summed E-state index contributed by atoms with van der Waals surface area (Å²) >= 11 is 0. The Morgan fingerprint density at radius 3 is 2.77 bits per heavy atom. The number of hydrogen-bond donors (Lipinski definition) is 2. The Labute approximate surface area is 126 Å². The van der Waals surface area contributed by atoms with Crippen molar-refractivity contribution >= 4 is 17.5 Å². The van der Waals surface area contributed by atoms with Gasteiger partial charge in [-0.2, -0.15) is 5.10 Å². The normalized spacial score (nSPS) is 14.0. The van der Waals surface area contributed by atoms with E-state index in [2.05, 4.69) is 15.7 Å². The summed E-state index contributed by atoms with van der Waals surface area (Å²) in [4.78, 5) is 11.9. The van der Waals surface area contributed by atoms with Crippen LogP contribution in [0.1, 0.15) is 31.4 Å². The Bertz CT molecular complexity index is 710. The van der Waals surface area contributed by atoms with Gasteiger partial charge in [0, 0.05) is 30.3 Å². The van der Waals surface area contributed by atoms with E-state index in [1.165, 1.54) is 0 Å². The van der Waals surface area contributed by atoms with Gasteiger partial charge in [-0.1, -0.05) is 0 Å². The van der Waals surface area contributed by atoms with Crippen molar-refractivity contribution < 1.29 is 13.6 Å². The van der Waals surface area contributed by atoms with Crippen molar-refractivity contribution in [3.05, 3.63) is 41.6 Å². The fourth-order valence-corrected chi connectivity index (χ4v) is 2.32. The largest absolute Gasteiger partial charge is 0.324 e. The van der Waals surface area contributed by atoms with Gasteiger partial charge in [0.15, 0.2) is 5.82 Å². The van der Waals surface area contributed by atoms with Crippen LogP contribution in [0.3, 0.4) is 0 Å². The molecular formula is C15H16F2N4O. The van der Waals surface area contributed by atoms with Crippen molar-refractivity contribution in [3.63, 3.8) is 0 Å². The minimum atomic E-state index is -0.700. The molecule has 1 saturated carbocycles. The maximum absolute atomic E-state index is 13.5. The highest BCUT2D eigenvalue weighted by Gasteiger charge is 2.28. The van der Waals surface area contributed by atoms with E-state index in [1.807, 2.05) is 17.7 Å². The van der Waals surface area contributed by atoms with Crippen LogP contribution in [0.4, 0.5) is 25.1 Å². The maximum atomic E-state index is 13.5. The molecule has 0 radical (unpaired) electrons. The summed E-state index contributed by atoms with van der Waals surface area (Å²) in [5.74, 6) is -0.415. The lowest BCUT2D eigenvalue weighted by molar-refractivity contribution is 0.262. The average Bonchev–Trinajstić information content (AvgIpc) is 3.24. The molecule has 1 fully saturated rings. The van der Waals surface area contributed by atoms with Gasteiger partial charge in [0.25, 0.3) is 0 Å². The summed E-state index contributed by atoms with van der Waals surface area (Å²) in [7, 11) is 0. The quantitative estimate of drug-likeness (QED) is 0.904. The lowest BCUT2D eigenvalue weighted by Gasteiger charge is -2.06. The first-order valence-corrected chi connectivity index (χ1v) is 7.17. The average molecular weight is 306 g/mol. The number of urea groups is 1. The monoisotopic (exact) mass is 306 g/mol. The number of carbonyl (C=O) groups is 1. The van der Waals surface area contributed by atoms with E-state index in [0.29, 0.717) is 18.3 Å². The molecule has 2 N–H and O–H groups in total. The van der Waals surface area contributed by atoms with Gasteiger partial charge < -0.3 is 5.32 Å². The van der Waals surface area contributed by atoms with Gasteiger partial charge in [-0.05, 0) is 31.9 Å². The fraction of sp³-hybridized carbons (Fsp3) is 0.333. The number of halogens is 2. The van der Waals surface area contributed by atoms with E-state index in [1.54, 1.807) is 0 Å². The number of carbonyl (C=O) groups excluding carboxylic acids is 1. The van der Waals surface area contributed by atoms with Crippen LogP contribution in [0.5, 0.6) is 0 Å². The predicted octanol–water partition coefficient (Wildman–Crippen LogP) is 3.70. The van der Waals surface area contributed by atoms with Crippen LogP contribution in [0.25, 0.3) is 0 Å². The molecule has 1 aliphatic carbocycles. The van der Waals surface area contributed by atoms with E-state index in [4.69, 9.17) is 0 Å². The zero-order valence-corrected chi connectivity index (χ0v) is 12.1. The standard InChI is InChI=1S/C15H16F2N4O/c1-2-21-13(9-3-4-9)8-14(20-21)19-15(22)18-12-7-10(16)5-6-11(12)17/h5-9H,2-4H2,1H3,(H2,18,19,20,22). The summed E-state index contributed by atoms with van der Waals surface area (Å²) in [5.41, 5.74) is 0.879. The SMILES string of the molecule is CCn1nc(NC(=O)Nc2cc(F)ccc2F)cc1C1CC1. The molecule has 0 unspecified atom stereocenters. The number of nitrogens with zero attached hydrogens (tertiary/aromatic N) is 2. The molecular weight excluding hydrogens is 290 g/mol. The van der Waals surface area contributed by atoms with Crippen molar-refractivity contribution in [1.82, 2.24) is 9.78 Å². The van der Waals surface area contributed by atoms with Crippen LogP contribution in [0, 0.1) is 11.6 Å². The third-order valence-corrected chi connectivity index (χ3v) is 3.52. The molecule has 3 rings (SSSR count). The summed E-state index contributed by atoms with van der Waals surface area (Å²) < 4.78 is 28.4. The van der Waals surface area contributed by atoms with Crippen LogP contribution < -0.4 is 10.6 Å². The molecule has 0 spiro atoms. The Hall–Kier alpha value is -2.44. The first-order chi connectivity index (χ1) is 10.6. The summed E-state index contributed by atoms with van der Waals surface area (Å²) in [6.45, 7) is 2.69. The first kappa shape index (κ1) is 14.5. The molecule has 116 valence electrons. The molecule has 22 heavy (non-hydrogen) atoms. The lowest BCUT2D eigenvalue weighted by Crippen LogP contribution is -2.20. The molecule has 2 aromatic rings. The summed E-state index contributed by atoms with van der Waals surface area (Å²) in [5, 5.41) is 9.11. The van der Waals surface area contributed by atoms with Gasteiger partial charge in [-0.3, -0.25) is 10.00 Å². The van der Waals surface area contributed by atoms with Gasteiger partial charge in [0.1, 0.15) is 11.6 Å². The topological polar surface area (TPSA) is 59.0 Å². The van der Waals surface area contributed by atoms with Crippen molar-refractivity contribution in [2.75, 3.05) is 10.6 Å². The number of benzene rings is 1. The number of aromatic nitrogens is 2. The zero-order chi connectivity index (χ0) is 15.7. The second-order valence-electron chi connectivity index (χ2n) is 5.25. The van der Waals surface area contributed by atoms with E-state index < -0.39 is 17.7 Å². The van der Waals surface area contributed by atoms with Crippen LogP contribution in [0.2, 0.25) is 0 Å². The molecule has 5 nitrogen and oxygen atoms in total. The predicted molar refractivity (Wildman–Crippen MR) is 78.9 cm³/mol. The molecule has 1 aliphatic rings. The highest BCUT2D eigenvalue weighted by Crippen LogP contribution is 2.40. The zero-order valence-electron chi connectivity index (χ0n) is 12.1. The van der Waals surface area contributed by atoms with Crippen LogP contribution in [0.15, 0.2) is 24.3 Å². The van der Waals surface area contributed by atoms with Crippen LogP contribution >= 0.6 is 0 Å². The van der Waals surface area contributed by atoms with Crippen molar-refractivity contribution in [3.8, 4) is 0 Å². The molecule has 0 saturated heterocycles. The Morgan fingerprint density at radius 1 is 1.32 bits per heavy atom. The molecule has 1 aromatic heterocycles. The fourth-order valence-electron chi connectivity index (χ4n) is 2.32. The second kappa shape index (κ2) is 5.75. The van der Waals surface area contributed by atoms with Crippen LogP contribution in [-0.2, 0) is 6.54 Å². The second-order valence-corrected chi connectivity index (χ2v) is 5.25. The Morgan fingerprint density at radius 2 is 2.09 bits per heavy atom. The van der Waals surface area contributed by atoms with E-state index >= 15 is 0 Å². The van der Waals surface area contributed by atoms with Gasteiger partial charge >= 0.3 is 6.03 Å². The molecule has 0 bridgehead atoms. The minimum Gasteiger partial charge on any atom is -0.305 e. The minimum absolute atomic E-state index is 0.213. The molecule has 1 heterocycles. The van der Waals surface area contributed by atoms with Crippen LogP contribution in [-0.4, -0.2) is 15.8 Å². The van der Waals surface area contributed by atoms with Gasteiger partial charge in [0.2, 0.25) is 0 Å². The summed E-state index contributed by atoms with van der Waals surface area (Å²) in [6.07, 6.45) is 2.26. The molecule has 7 heteroatoms. The van der Waals surface area contributed by atoms with Gasteiger partial charge in [0.05, 0.1) is 5.69 Å². The number of hydrogen-bond acceptors (Lipinski definition) is 2. The van der Waals surface area contributed by atoms with E-state index in [-0.39, 0.29) is 5.69 Å². The van der Waals surface area contributed by atoms with Crippen molar-refractivity contribution in [2.45, 2.75) is 32.2 Å². The molecule has 2 amide bonds. The maximum Gasteiger partial charge on any atom is 0.324 e. The number of nitrogens with one attached hydrogen (secondary N) is 2.